The number of carbonyl (C=O) groups is 3. The van der Waals surface area contributed by atoms with E-state index in [-0.39, 0.29) is 18.4 Å². The van der Waals surface area contributed by atoms with Gasteiger partial charge in [-0.1, -0.05) is 50.2 Å². The van der Waals surface area contributed by atoms with Gasteiger partial charge < -0.3 is 15.0 Å². The maximum Gasteiger partial charge on any atom is 0.340 e. The molecule has 0 saturated carbocycles. The van der Waals surface area contributed by atoms with E-state index in [9.17, 15) is 14.4 Å². The van der Waals surface area contributed by atoms with Crippen LogP contribution in [0.25, 0.3) is 0 Å². The molecule has 30 heavy (non-hydrogen) atoms. The first-order valence-corrected chi connectivity index (χ1v) is 10.4. The molecule has 0 bridgehead atoms. The van der Waals surface area contributed by atoms with Crippen molar-refractivity contribution in [3.63, 3.8) is 0 Å². The second-order valence-electron chi connectivity index (χ2n) is 7.74. The fourth-order valence-electron chi connectivity index (χ4n) is 3.46. The maximum atomic E-state index is 12.5. The summed E-state index contributed by atoms with van der Waals surface area (Å²) in [5, 5.41) is 2.77. The van der Waals surface area contributed by atoms with Crippen molar-refractivity contribution in [1.82, 2.24) is 5.32 Å². The number of amides is 2. The number of para-hydroxylation sites is 1. The standard InChI is InChI=1S/C24H28N2O4/c1-17(2)19-11-9-18(10-12-19)13-14-25-22(27)16-30-24(29)20-6-3-4-7-21(20)26-15-5-8-23(26)28/h3-4,6-7,9-12,17H,5,8,13-16H2,1-2H3,(H,25,27). The molecule has 0 spiro atoms. The molecule has 1 N–H and O–H groups in total. The molecular formula is C24H28N2O4. The molecule has 2 amide bonds. The number of ether oxygens (including phenoxy) is 1. The molecule has 1 fully saturated rings. The Morgan fingerprint density at radius 1 is 1.10 bits per heavy atom. The highest BCUT2D eigenvalue weighted by Gasteiger charge is 2.26. The van der Waals surface area contributed by atoms with Crippen LogP contribution >= 0.6 is 0 Å². The molecule has 1 heterocycles. The molecule has 0 atom stereocenters. The largest absolute Gasteiger partial charge is 0.452 e. The summed E-state index contributed by atoms with van der Waals surface area (Å²) in [4.78, 5) is 38.1. The van der Waals surface area contributed by atoms with E-state index in [0.29, 0.717) is 43.1 Å². The Morgan fingerprint density at radius 3 is 2.50 bits per heavy atom. The molecule has 6 nitrogen and oxygen atoms in total. The Labute approximate surface area is 177 Å². The van der Waals surface area contributed by atoms with Gasteiger partial charge >= 0.3 is 5.97 Å². The smallest absolute Gasteiger partial charge is 0.340 e. The summed E-state index contributed by atoms with van der Waals surface area (Å²) in [6, 6.07) is 15.2. The molecule has 6 heteroatoms. The average Bonchev–Trinajstić information content (AvgIpc) is 3.18. The molecule has 2 aromatic carbocycles. The lowest BCUT2D eigenvalue weighted by atomic mass is 10.0. The lowest BCUT2D eigenvalue weighted by molar-refractivity contribution is -0.124. The third-order valence-corrected chi connectivity index (χ3v) is 5.20. The summed E-state index contributed by atoms with van der Waals surface area (Å²) in [6.07, 6.45) is 1.95. The first-order valence-electron chi connectivity index (χ1n) is 10.4. The minimum atomic E-state index is -0.607. The number of carbonyl (C=O) groups excluding carboxylic acids is 3. The van der Waals surface area contributed by atoms with Gasteiger partial charge in [-0.25, -0.2) is 4.79 Å². The predicted octanol–water partition coefficient (Wildman–Crippen LogP) is 3.45. The molecule has 2 aromatic rings. The Bertz CT molecular complexity index is 906. The highest BCUT2D eigenvalue weighted by Crippen LogP contribution is 2.26. The monoisotopic (exact) mass is 408 g/mol. The summed E-state index contributed by atoms with van der Waals surface area (Å²) in [7, 11) is 0. The number of anilines is 1. The maximum absolute atomic E-state index is 12.5. The number of hydrogen-bond donors (Lipinski definition) is 1. The molecule has 3 rings (SSSR count). The highest BCUT2D eigenvalue weighted by molar-refractivity contribution is 6.03. The van der Waals surface area contributed by atoms with Gasteiger partial charge in [0.25, 0.3) is 5.91 Å². The molecule has 158 valence electrons. The van der Waals surface area contributed by atoms with E-state index in [0.717, 1.165) is 12.0 Å². The van der Waals surface area contributed by atoms with E-state index in [4.69, 9.17) is 4.74 Å². The second kappa shape index (κ2) is 10.1. The lowest BCUT2D eigenvalue weighted by Gasteiger charge is -2.18. The summed E-state index contributed by atoms with van der Waals surface area (Å²) in [5.41, 5.74) is 3.26. The van der Waals surface area contributed by atoms with E-state index in [1.807, 2.05) is 0 Å². The Hall–Kier alpha value is -3.15. The third-order valence-electron chi connectivity index (χ3n) is 5.20. The van der Waals surface area contributed by atoms with Crippen LogP contribution in [0.2, 0.25) is 0 Å². The number of hydrogen-bond acceptors (Lipinski definition) is 4. The molecule has 0 unspecified atom stereocenters. The third kappa shape index (κ3) is 5.47. The summed E-state index contributed by atoms with van der Waals surface area (Å²) >= 11 is 0. The van der Waals surface area contributed by atoms with Crippen molar-refractivity contribution < 1.29 is 19.1 Å². The molecule has 1 aliphatic rings. The fraction of sp³-hybridized carbons (Fsp3) is 0.375. The average molecular weight is 408 g/mol. The van der Waals surface area contributed by atoms with Crippen LogP contribution in [0.5, 0.6) is 0 Å². The van der Waals surface area contributed by atoms with Crippen molar-refractivity contribution in [3.8, 4) is 0 Å². The lowest BCUT2D eigenvalue weighted by Crippen LogP contribution is -2.31. The van der Waals surface area contributed by atoms with Gasteiger partial charge in [0, 0.05) is 19.5 Å². The van der Waals surface area contributed by atoms with Gasteiger partial charge in [0.2, 0.25) is 5.91 Å². The van der Waals surface area contributed by atoms with Gasteiger partial charge in [-0.2, -0.15) is 0 Å². The van der Waals surface area contributed by atoms with E-state index in [2.05, 4.69) is 43.4 Å². The van der Waals surface area contributed by atoms with Crippen LogP contribution in [0, 0.1) is 0 Å². The van der Waals surface area contributed by atoms with Gasteiger partial charge in [0.05, 0.1) is 11.3 Å². The van der Waals surface area contributed by atoms with Gasteiger partial charge in [0.1, 0.15) is 0 Å². The van der Waals surface area contributed by atoms with Crippen LogP contribution in [0.15, 0.2) is 48.5 Å². The first kappa shape index (κ1) is 21.6. The van der Waals surface area contributed by atoms with Crippen LogP contribution in [-0.2, 0) is 20.7 Å². The first-order chi connectivity index (χ1) is 14.5. The minimum absolute atomic E-state index is 0.00517. The fourth-order valence-corrected chi connectivity index (χ4v) is 3.46. The predicted molar refractivity (Wildman–Crippen MR) is 116 cm³/mol. The van der Waals surface area contributed by atoms with Crippen molar-refractivity contribution in [1.29, 1.82) is 0 Å². The van der Waals surface area contributed by atoms with Crippen LogP contribution in [0.1, 0.15) is 54.1 Å². The van der Waals surface area contributed by atoms with E-state index in [1.165, 1.54) is 5.56 Å². The van der Waals surface area contributed by atoms with Gasteiger partial charge in [0.15, 0.2) is 6.61 Å². The van der Waals surface area contributed by atoms with Gasteiger partial charge in [-0.05, 0) is 42.0 Å². The number of nitrogens with one attached hydrogen (secondary N) is 1. The quantitative estimate of drug-likeness (QED) is 0.679. The summed E-state index contributed by atoms with van der Waals surface area (Å²) < 4.78 is 5.18. The van der Waals surface area contributed by atoms with Crippen LogP contribution in [0.4, 0.5) is 5.69 Å². The summed E-state index contributed by atoms with van der Waals surface area (Å²) in [6.45, 7) is 5.00. The number of benzene rings is 2. The van der Waals surface area contributed by atoms with Crippen molar-refractivity contribution in [2.75, 3.05) is 24.6 Å². The molecule has 1 aliphatic heterocycles. The normalized spacial score (nSPS) is 13.6. The number of esters is 1. The molecule has 0 aliphatic carbocycles. The van der Waals surface area contributed by atoms with Crippen LogP contribution in [-0.4, -0.2) is 37.5 Å². The van der Waals surface area contributed by atoms with E-state index in [1.54, 1.807) is 29.2 Å². The van der Waals surface area contributed by atoms with Gasteiger partial charge in [-0.15, -0.1) is 0 Å². The van der Waals surface area contributed by atoms with E-state index >= 15 is 0 Å². The summed E-state index contributed by atoms with van der Waals surface area (Å²) in [5.74, 6) is -0.474. The molecule has 1 saturated heterocycles. The molecular weight excluding hydrogens is 380 g/mol. The van der Waals surface area contributed by atoms with Crippen LogP contribution in [0.3, 0.4) is 0 Å². The van der Waals surface area contributed by atoms with Crippen LogP contribution < -0.4 is 10.2 Å². The van der Waals surface area contributed by atoms with Crippen molar-refractivity contribution in [3.05, 3.63) is 65.2 Å². The zero-order chi connectivity index (χ0) is 21.5. The Morgan fingerprint density at radius 2 is 1.83 bits per heavy atom. The zero-order valence-electron chi connectivity index (χ0n) is 17.5. The number of nitrogens with zero attached hydrogens (tertiary/aromatic N) is 1. The minimum Gasteiger partial charge on any atom is -0.452 e. The zero-order valence-corrected chi connectivity index (χ0v) is 17.5. The Kier molecular flexibility index (Phi) is 7.22. The van der Waals surface area contributed by atoms with Crippen molar-refractivity contribution >= 4 is 23.5 Å². The van der Waals surface area contributed by atoms with Crippen molar-refractivity contribution in [2.45, 2.75) is 39.0 Å². The topological polar surface area (TPSA) is 75.7 Å². The Balaban J connectivity index is 1.47. The second-order valence-corrected chi connectivity index (χ2v) is 7.74. The molecule has 0 radical (unpaired) electrons. The van der Waals surface area contributed by atoms with Crippen molar-refractivity contribution in [2.24, 2.45) is 0 Å². The molecule has 0 aromatic heterocycles. The van der Waals surface area contributed by atoms with E-state index < -0.39 is 5.97 Å². The number of rotatable bonds is 8. The van der Waals surface area contributed by atoms with Gasteiger partial charge in [-0.3, -0.25) is 9.59 Å². The SMILES string of the molecule is CC(C)c1ccc(CCNC(=O)COC(=O)c2ccccc2N2CCCC2=O)cc1. The highest BCUT2D eigenvalue weighted by atomic mass is 16.5.